The highest BCUT2D eigenvalue weighted by molar-refractivity contribution is 4.90. The molecule has 3 rings (SSSR count). The standard InChI is InChI=1S/C6H10FNO/c7-5-1-4-3-9-6(5)2-8-4/h4-6,8H,1-3H2. The number of piperidine rings is 1. The van der Waals surface area contributed by atoms with Gasteiger partial charge in [0.05, 0.1) is 6.61 Å². The van der Waals surface area contributed by atoms with Crippen molar-refractivity contribution in [1.29, 1.82) is 0 Å². The van der Waals surface area contributed by atoms with E-state index in [2.05, 4.69) is 5.32 Å². The zero-order valence-electron chi connectivity index (χ0n) is 5.14. The molecule has 3 atom stereocenters. The van der Waals surface area contributed by atoms with Gasteiger partial charge in [-0.15, -0.1) is 0 Å². The quantitative estimate of drug-likeness (QED) is 0.503. The fraction of sp³-hybridized carbons (Fsp3) is 1.00. The van der Waals surface area contributed by atoms with Crippen molar-refractivity contribution in [2.75, 3.05) is 13.2 Å². The average molecular weight is 131 g/mol. The molecule has 0 radical (unpaired) electrons. The fourth-order valence-electron chi connectivity index (χ4n) is 1.45. The van der Waals surface area contributed by atoms with Crippen molar-refractivity contribution in [2.45, 2.75) is 24.7 Å². The molecule has 3 saturated heterocycles. The van der Waals surface area contributed by atoms with E-state index in [-0.39, 0.29) is 12.1 Å². The van der Waals surface area contributed by atoms with Crippen molar-refractivity contribution < 1.29 is 9.13 Å². The van der Waals surface area contributed by atoms with E-state index in [1.54, 1.807) is 0 Å². The lowest BCUT2D eigenvalue weighted by Gasteiger charge is -2.39. The predicted molar refractivity (Wildman–Crippen MR) is 31.0 cm³/mol. The van der Waals surface area contributed by atoms with Crippen LogP contribution in [0.1, 0.15) is 6.42 Å². The van der Waals surface area contributed by atoms with Crippen molar-refractivity contribution in [1.82, 2.24) is 5.32 Å². The lowest BCUT2D eigenvalue weighted by molar-refractivity contribution is -0.0867. The van der Waals surface area contributed by atoms with Gasteiger partial charge in [-0.25, -0.2) is 4.39 Å². The lowest BCUT2D eigenvalue weighted by atomic mass is 9.98. The van der Waals surface area contributed by atoms with E-state index in [1.807, 2.05) is 0 Å². The first-order chi connectivity index (χ1) is 4.36. The molecule has 0 aromatic heterocycles. The summed E-state index contributed by atoms with van der Waals surface area (Å²) in [6.07, 6.45) is -0.231. The number of alkyl halides is 1. The Bertz CT molecular complexity index is 112. The number of halogens is 1. The minimum absolute atomic E-state index is 0.157. The highest BCUT2D eigenvalue weighted by atomic mass is 19.1. The van der Waals surface area contributed by atoms with Gasteiger partial charge in [-0.3, -0.25) is 0 Å². The van der Waals surface area contributed by atoms with Crippen LogP contribution in [-0.2, 0) is 4.74 Å². The Balaban J connectivity index is 2.06. The van der Waals surface area contributed by atoms with Crippen LogP contribution in [0.15, 0.2) is 0 Å². The van der Waals surface area contributed by atoms with Crippen LogP contribution >= 0.6 is 0 Å². The second-order valence-corrected chi connectivity index (χ2v) is 2.73. The number of fused-ring (bicyclic) bond motifs is 3. The third-order valence-corrected chi connectivity index (χ3v) is 2.03. The number of nitrogens with one attached hydrogen (secondary N) is 1. The van der Waals surface area contributed by atoms with E-state index in [4.69, 9.17) is 4.74 Å². The minimum Gasteiger partial charge on any atom is -0.372 e. The summed E-state index contributed by atoms with van der Waals surface area (Å²) in [5.41, 5.74) is 0. The minimum atomic E-state index is -0.718. The van der Waals surface area contributed by atoms with Gasteiger partial charge in [-0.05, 0) is 6.42 Å². The molecule has 3 heteroatoms. The summed E-state index contributed by atoms with van der Waals surface area (Å²) in [4.78, 5) is 0. The third kappa shape index (κ3) is 0.843. The third-order valence-electron chi connectivity index (χ3n) is 2.03. The zero-order valence-corrected chi connectivity index (χ0v) is 5.14. The van der Waals surface area contributed by atoms with Crippen LogP contribution < -0.4 is 5.32 Å². The first kappa shape index (κ1) is 5.62. The van der Waals surface area contributed by atoms with Gasteiger partial charge in [0.2, 0.25) is 0 Å². The predicted octanol–water partition coefficient (Wildman–Crippen LogP) is 0.0852. The molecule has 0 saturated carbocycles. The van der Waals surface area contributed by atoms with Gasteiger partial charge in [0.1, 0.15) is 12.3 Å². The summed E-state index contributed by atoms with van der Waals surface area (Å²) in [5, 5.41) is 3.18. The maximum absolute atomic E-state index is 12.7. The molecule has 1 N–H and O–H groups in total. The molecule has 9 heavy (non-hydrogen) atoms. The summed E-state index contributed by atoms with van der Waals surface area (Å²) in [6, 6.07) is 0.282. The van der Waals surface area contributed by atoms with Crippen molar-refractivity contribution in [3.05, 3.63) is 0 Å². The van der Waals surface area contributed by atoms with Crippen molar-refractivity contribution in [3.8, 4) is 0 Å². The van der Waals surface area contributed by atoms with Crippen molar-refractivity contribution in [3.63, 3.8) is 0 Å². The molecule has 0 aromatic carbocycles. The Morgan fingerprint density at radius 1 is 1.56 bits per heavy atom. The maximum atomic E-state index is 12.7. The van der Waals surface area contributed by atoms with Crippen LogP contribution in [0.4, 0.5) is 4.39 Å². The van der Waals surface area contributed by atoms with E-state index >= 15 is 0 Å². The largest absolute Gasteiger partial charge is 0.372 e. The highest BCUT2D eigenvalue weighted by Gasteiger charge is 2.36. The summed E-state index contributed by atoms with van der Waals surface area (Å²) >= 11 is 0. The molecule has 0 aliphatic carbocycles. The number of ether oxygens (including phenoxy) is 1. The number of hydrogen-bond donors (Lipinski definition) is 1. The van der Waals surface area contributed by atoms with Gasteiger partial charge in [-0.1, -0.05) is 0 Å². The molecule has 0 spiro atoms. The van der Waals surface area contributed by atoms with Gasteiger partial charge >= 0.3 is 0 Å². The summed E-state index contributed by atoms with van der Waals surface area (Å²) in [5.74, 6) is 0. The molecule has 3 unspecified atom stereocenters. The Labute approximate surface area is 53.4 Å². The van der Waals surface area contributed by atoms with Crippen LogP contribution in [0.25, 0.3) is 0 Å². The van der Waals surface area contributed by atoms with Crippen molar-refractivity contribution >= 4 is 0 Å². The van der Waals surface area contributed by atoms with E-state index in [9.17, 15) is 4.39 Å². The van der Waals surface area contributed by atoms with Gasteiger partial charge in [0, 0.05) is 12.6 Å². The topological polar surface area (TPSA) is 21.3 Å². The highest BCUT2D eigenvalue weighted by Crippen LogP contribution is 2.21. The first-order valence-electron chi connectivity index (χ1n) is 3.35. The maximum Gasteiger partial charge on any atom is 0.129 e. The smallest absolute Gasteiger partial charge is 0.129 e. The number of morpholine rings is 1. The molecule has 3 aliphatic heterocycles. The molecule has 2 bridgehead atoms. The Morgan fingerprint density at radius 3 is 2.67 bits per heavy atom. The fourth-order valence-corrected chi connectivity index (χ4v) is 1.45. The monoisotopic (exact) mass is 131 g/mol. The average Bonchev–Trinajstić information content (AvgIpc) is 1.90. The number of rotatable bonds is 0. The Hall–Kier alpha value is -0.150. The summed E-state index contributed by atoms with van der Waals surface area (Å²) in [7, 11) is 0. The Morgan fingerprint density at radius 2 is 2.44 bits per heavy atom. The van der Waals surface area contributed by atoms with Crippen LogP contribution in [0.2, 0.25) is 0 Å². The van der Waals surface area contributed by atoms with E-state index in [0.29, 0.717) is 19.6 Å². The molecule has 3 heterocycles. The van der Waals surface area contributed by atoms with Crippen LogP contribution in [0.5, 0.6) is 0 Å². The molecule has 3 fully saturated rings. The van der Waals surface area contributed by atoms with Gasteiger partial charge < -0.3 is 10.1 Å². The molecule has 3 aliphatic rings. The SMILES string of the molecule is FC1CC2COC1CN2. The van der Waals surface area contributed by atoms with Crippen LogP contribution in [0, 0.1) is 0 Å². The van der Waals surface area contributed by atoms with E-state index in [0.717, 1.165) is 0 Å². The zero-order chi connectivity index (χ0) is 6.27. The van der Waals surface area contributed by atoms with E-state index in [1.165, 1.54) is 0 Å². The van der Waals surface area contributed by atoms with Crippen molar-refractivity contribution in [2.24, 2.45) is 0 Å². The summed E-state index contributed by atoms with van der Waals surface area (Å²) in [6.45, 7) is 1.40. The lowest BCUT2D eigenvalue weighted by Crippen LogP contribution is -2.57. The van der Waals surface area contributed by atoms with E-state index < -0.39 is 6.17 Å². The van der Waals surface area contributed by atoms with Crippen LogP contribution in [-0.4, -0.2) is 31.5 Å². The second kappa shape index (κ2) is 1.92. The molecule has 0 aromatic rings. The van der Waals surface area contributed by atoms with Gasteiger partial charge in [-0.2, -0.15) is 0 Å². The Kier molecular flexibility index (Phi) is 1.20. The summed E-state index contributed by atoms with van der Waals surface area (Å²) < 4.78 is 17.9. The van der Waals surface area contributed by atoms with Gasteiger partial charge in [0.15, 0.2) is 0 Å². The molecular formula is C6H10FNO. The first-order valence-corrected chi connectivity index (χ1v) is 3.35. The molecular weight excluding hydrogens is 121 g/mol. The molecule has 2 nitrogen and oxygen atoms in total. The normalized spacial score (nSPS) is 49.7. The molecule has 0 amide bonds. The molecule has 52 valence electrons. The van der Waals surface area contributed by atoms with Gasteiger partial charge in [0.25, 0.3) is 0 Å². The number of hydrogen-bond acceptors (Lipinski definition) is 2. The van der Waals surface area contributed by atoms with Crippen LogP contribution in [0.3, 0.4) is 0 Å². The second-order valence-electron chi connectivity index (χ2n) is 2.73.